The molecule has 2 unspecified atom stereocenters. The van der Waals surface area contributed by atoms with E-state index in [4.69, 9.17) is 16.2 Å². The average molecular weight is 291 g/mol. The van der Waals surface area contributed by atoms with Gasteiger partial charge in [0.15, 0.2) is 0 Å². The number of anilines is 2. The molecule has 1 amide bonds. The van der Waals surface area contributed by atoms with Gasteiger partial charge < -0.3 is 21.1 Å². The lowest BCUT2D eigenvalue weighted by molar-refractivity contribution is -0.122. The fourth-order valence-electron chi connectivity index (χ4n) is 2.71. The zero-order chi connectivity index (χ0) is 15.6. The zero-order valence-electron chi connectivity index (χ0n) is 12.3. The lowest BCUT2D eigenvalue weighted by Gasteiger charge is -2.38. The van der Waals surface area contributed by atoms with Crippen molar-refractivity contribution >= 4 is 23.3 Å². The Hall–Kier alpha value is -2.24. The second-order valence-electron chi connectivity index (χ2n) is 5.44. The van der Waals surface area contributed by atoms with Crippen molar-refractivity contribution in [3.63, 3.8) is 0 Å². The third-order valence-corrected chi connectivity index (χ3v) is 4.06. The summed E-state index contributed by atoms with van der Waals surface area (Å²) in [5.41, 5.74) is 12.8. The number of nitrogens with two attached hydrogens (primary N) is 2. The maximum atomic E-state index is 11.7. The molecule has 21 heavy (non-hydrogen) atoms. The highest BCUT2D eigenvalue weighted by atomic mass is 16.5. The average Bonchev–Trinajstić information content (AvgIpc) is 2.47. The van der Waals surface area contributed by atoms with Crippen molar-refractivity contribution in [2.24, 2.45) is 11.7 Å². The van der Waals surface area contributed by atoms with Crippen LogP contribution in [0.1, 0.15) is 30.1 Å². The highest BCUT2D eigenvalue weighted by Gasteiger charge is 2.29. The molecule has 0 bridgehead atoms. The number of carbonyl (C=O) groups excluding carboxylic acids is 2. The summed E-state index contributed by atoms with van der Waals surface area (Å²) in [5, 5.41) is 0. The van der Waals surface area contributed by atoms with E-state index in [-0.39, 0.29) is 17.9 Å². The maximum Gasteiger partial charge on any atom is 0.340 e. The van der Waals surface area contributed by atoms with Crippen LogP contribution in [-0.2, 0) is 9.53 Å². The summed E-state index contributed by atoms with van der Waals surface area (Å²) in [4.78, 5) is 25.2. The molecule has 6 heteroatoms. The second-order valence-corrected chi connectivity index (χ2v) is 5.44. The highest BCUT2D eigenvalue weighted by Crippen LogP contribution is 2.30. The monoisotopic (exact) mass is 291 g/mol. The van der Waals surface area contributed by atoms with Crippen LogP contribution < -0.4 is 16.4 Å². The van der Waals surface area contributed by atoms with Gasteiger partial charge in [-0.05, 0) is 38.0 Å². The number of hydrogen-bond donors (Lipinski definition) is 2. The Morgan fingerprint density at radius 3 is 2.67 bits per heavy atom. The standard InChI is InChI=1S/C15H21N3O3/c1-9-3-4-10(14(17)19)8-18(9)11-5-6-13(16)12(7-11)15(20)21-2/h5-7,9-10H,3-4,8,16H2,1-2H3,(H2,17,19). The van der Waals surface area contributed by atoms with E-state index in [0.717, 1.165) is 18.5 Å². The number of hydrogen-bond acceptors (Lipinski definition) is 5. The number of carbonyl (C=O) groups is 2. The van der Waals surface area contributed by atoms with Gasteiger partial charge in [-0.2, -0.15) is 0 Å². The summed E-state index contributed by atoms with van der Waals surface area (Å²) < 4.78 is 4.73. The summed E-state index contributed by atoms with van der Waals surface area (Å²) in [6.45, 7) is 2.65. The summed E-state index contributed by atoms with van der Waals surface area (Å²) in [6, 6.07) is 5.51. The van der Waals surface area contributed by atoms with Crippen LogP contribution in [0.3, 0.4) is 0 Å². The van der Waals surface area contributed by atoms with Crippen LogP contribution >= 0.6 is 0 Å². The molecule has 1 aromatic carbocycles. The minimum absolute atomic E-state index is 0.166. The van der Waals surface area contributed by atoms with Gasteiger partial charge in [0.25, 0.3) is 0 Å². The van der Waals surface area contributed by atoms with Crippen molar-refractivity contribution in [2.75, 3.05) is 24.3 Å². The lowest BCUT2D eigenvalue weighted by Crippen LogP contribution is -2.46. The number of esters is 1. The van der Waals surface area contributed by atoms with Crippen LogP contribution in [0.2, 0.25) is 0 Å². The zero-order valence-corrected chi connectivity index (χ0v) is 12.3. The molecular weight excluding hydrogens is 270 g/mol. The molecule has 0 saturated carbocycles. The van der Waals surface area contributed by atoms with Gasteiger partial charge in [-0.15, -0.1) is 0 Å². The molecule has 0 radical (unpaired) electrons. The Balaban J connectivity index is 2.31. The van der Waals surface area contributed by atoms with E-state index >= 15 is 0 Å². The Bertz CT molecular complexity index is 559. The van der Waals surface area contributed by atoms with Crippen molar-refractivity contribution in [3.8, 4) is 0 Å². The first-order valence-corrected chi connectivity index (χ1v) is 6.97. The summed E-state index contributed by atoms with van der Waals surface area (Å²) >= 11 is 0. The van der Waals surface area contributed by atoms with Gasteiger partial charge in [-0.3, -0.25) is 4.79 Å². The second kappa shape index (κ2) is 6.03. The van der Waals surface area contributed by atoms with Crippen LogP contribution in [0, 0.1) is 5.92 Å². The number of rotatable bonds is 3. The normalized spacial score (nSPS) is 21.9. The first kappa shape index (κ1) is 15.2. The van der Waals surface area contributed by atoms with Crippen molar-refractivity contribution in [1.29, 1.82) is 0 Å². The van der Waals surface area contributed by atoms with Gasteiger partial charge in [0.05, 0.1) is 18.6 Å². The molecule has 0 aromatic heterocycles. The summed E-state index contributed by atoms with van der Waals surface area (Å²) in [7, 11) is 1.32. The molecule has 0 aliphatic carbocycles. The van der Waals surface area contributed by atoms with Crippen LogP contribution in [0.25, 0.3) is 0 Å². The maximum absolute atomic E-state index is 11.7. The molecule has 1 heterocycles. The van der Waals surface area contributed by atoms with E-state index in [1.165, 1.54) is 7.11 Å². The first-order valence-electron chi connectivity index (χ1n) is 6.97. The van der Waals surface area contributed by atoms with E-state index in [2.05, 4.69) is 11.8 Å². The van der Waals surface area contributed by atoms with Crippen LogP contribution in [0.4, 0.5) is 11.4 Å². The molecule has 4 N–H and O–H groups in total. The van der Waals surface area contributed by atoms with Crippen molar-refractivity contribution in [1.82, 2.24) is 0 Å². The number of primary amides is 1. The first-order chi connectivity index (χ1) is 9.93. The molecule has 0 spiro atoms. The molecule has 114 valence electrons. The Labute approximate surface area is 124 Å². The van der Waals surface area contributed by atoms with Crippen LogP contribution in [0.5, 0.6) is 0 Å². The smallest absolute Gasteiger partial charge is 0.340 e. The number of nitrogen functional groups attached to an aromatic ring is 1. The molecule has 6 nitrogen and oxygen atoms in total. The SMILES string of the molecule is COC(=O)c1cc(N2CC(C(N)=O)CCC2C)ccc1N. The van der Waals surface area contributed by atoms with Gasteiger partial charge in [0.1, 0.15) is 0 Å². The van der Waals surface area contributed by atoms with Gasteiger partial charge in [-0.1, -0.05) is 0 Å². The predicted molar refractivity (Wildman–Crippen MR) is 80.9 cm³/mol. The van der Waals surface area contributed by atoms with E-state index in [0.29, 0.717) is 17.8 Å². The quantitative estimate of drug-likeness (QED) is 0.643. The van der Waals surface area contributed by atoms with Crippen molar-refractivity contribution in [2.45, 2.75) is 25.8 Å². The third-order valence-electron chi connectivity index (χ3n) is 4.06. The molecule has 1 aliphatic heterocycles. The van der Waals surface area contributed by atoms with Gasteiger partial charge in [-0.25, -0.2) is 4.79 Å². The number of benzene rings is 1. The fraction of sp³-hybridized carbons (Fsp3) is 0.467. The largest absolute Gasteiger partial charge is 0.465 e. The Kier molecular flexibility index (Phi) is 4.35. The molecule has 1 aliphatic rings. The number of nitrogens with zero attached hydrogens (tertiary/aromatic N) is 1. The van der Waals surface area contributed by atoms with Gasteiger partial charge >= 0.3 is 5.97 Å². The molecule has 1 aromatic rings. The number of methoxy groups -OCH3 is 1. The Morgan fingerprint density at radius 1 is 1.33 bits per heavy atom. The number of ether oxygens (including phenoxy) is 1. The molecule has 1 saturated heterocycles. The van der Waals surface area contributed by atoms with Crippen LogP contribution in [0.15, 0.2) is 18.2 Å². The van der Waals surface area contributed by atoms with E-state index in [1.807, 2.05) is 6.07 Å². The lowest BCUT2D eigenvalue weighted by atomic mass is 9.92. The molecular formula is C15H21N3O3. The summed E-state index contributed by atoms with van der Waals surface area (Å²) in [6.07, 6.45) is 1.68. The van der Waals surface area contributed by atoms with Crippen molar-refractivity contribution < 1.29 is 14.3 Å². The third kappa shape index (κ3) is 3.09. The van der Waals surface area contributed by atoms with E-state index < -0.39 is 5.97 Å². The van der Waals surface area contributed by atoms with Crippen LogP contribution in [-0.4, -0.2) is 31.6 Å². The van der Waals surface area contributed by atoms with E-state index in [1.54, 1.807) is 12.1 Å². The minimum Gasteiger partial charge on any atom is -0.465 e. The summed E-state index contributed by atoms with van der Waals surface area (Å²) in [5.74, 6) is -0.915. The number of piperidine rings is 1. The molecule has 2 rings (SSSR count). The van der Waals surface area contributed by atoms with Gasteiger partial charge in [0, 0.05) is 24.0 Å². The van der Waals surface area contributed by atoms with E-state index in [9.17, 15) is 9.59 Å². The topological polar surface area (TPSA) is 98.6 Å². The number of amides is 1. The molecule has 2 atom stereocenters. The fourth-order valence-corrected chi connectivity index (χ4v) is 2.71. The minimum atomic E-state index is -0.467. The molecule has 1 fully saturated rings. The predicted octanol–water partition coefficient (Wildman–Crippen LogP) is 1.15. The Morgan fingerprint density at radius 2 is 2.05 bits per heavy atom. The highest BCUT2D eigenvalue weighted by molar-refractivity contribution is 5.96. The van der Waals surface area contributed by atoms with Gasteiger partial charge in [0.2, 0.25) is 5.91 Å². The van der Waals surface area contributed by atoms with Crippen molar-refractivity contribution in [3.05, 3.63) is 23.8 Å².